The van der Waals surface area contributed by atoms with Crippen molar-refractivity contribution in [1.29, 1.82) is 0 Å². The molecule has 1 saturated carbocycles. The lowest BCUT2D eigenvalue weighted by molar-refractivity contribution is 0.0606. The number of anilines is 1. The van der Waals surface area contributed by atoms with Crippen LogP contribution in [0.25, 0.3) is 0 Å². The molecule has 1 aliphatic heterocycles. The average molecular weight is 289 g/mol. The van der Waals surface area contributed by atoms with Crippen LogP contribution in [0.1, 0.15) is 38.5 Å². The van der Waals surface area contributed by atoms with Gasteiger partial charge in [-0.2, -0.15) is 0 Å². The molecule has 0 spiro atoms. The molecule has 0 amide bonds. The van der Waals surface area contributed by atoms with E-state index in [1.165, 1.54) is 38.5 Å². The second-order valence-electron chi connectivity index (χ2n) is 6.33. The molecule has 0 aromatic carbocycles. The average Bonchev–Trinajstić information content (AvgIpc) is 2.57. The Kier molecular flexibility index (Phi) is 5.09. The molecule has 1 N–H and O–H groups in total. The molecule has 1 aromatic heterocycles. The second-order valence-corrected chi connectivity index (χ2v) is 6.33. The normalized spacial score (nSPS) is 27.8. The van der Waals surface area contributed by atoms with Gasteiger partial charge >= 0.3 is 0 Å². The van der Waals surface area contributed by atoms with E-state index in [4.69, 9.17) is 4.74 Å². The van der Waals surface area contributed by atoms with Crippen LogP contribution < -0.4 is 10.2 Å². The largest absolute Gasteiger partial charge is 0.381 e. The number of rotatable bonds is 4. The summed E-state index contributed by atoms with van der Waals surface area (Å²) < 4.78 is 5.45. The minimum absolute atomic E-state index is 0.494. The van der Waals surface area contributed by atoms with Gasteiger partial charge in [0.25, 0.3) is 0 Å². The third-order valence-corrected chi connectivity index (χ3v) is 4.95. The molecule has 0 atom stereocenters. The van der Waals surface area contributed by atoms with Crippen LogP contribution in [0, 0.1) is 0 Å². The van der Waals surface area contributed by atoms with Gasteiger partial charge in [0.15, 0.2) is 0 Å². The molecule has 1 saturated heterocycles. The van der Waals surface area contributed by atoms with Crippen molar-refractivity contribution in [2.24, 2.45) is 0 Å². The molecule has 116 valence electrons. The molecule has 1 aromatic rings. The van der Waals surface area contributed by atoms with Crippen molar-refractivity contribution < 1.29 is 4.74 Å². The summed E-state index contributed by atoms with van der Waals surface area (Å²) in [5.41, 5.74) is 0. The van der Waals surface area contributed by atoms with Gasteiger partial charge in [-0.1, -0.05) is 6.07 Å². The van der Waals surface area contributed by atoms with Gasteiger partial charge in [-0.15, -0.1) is 0 Å². The van der Waals surface area contributed by atoms with E-state index in [1.807, 2.05) is 19.4 Å². The van der Waals surface area contributed by atoms with E-state index >= 15 is 0 Å². The first-order valence-electron chi connectivity index (χ1n) is 8.30. The first-order chi connectivity index (χ1) is 10.3. The lowest BCUT2D eigenvalue weighted by Crippen LogP contribution is -2.47. The zero-order valence-electron chi connectivity index (χ0n) is 13.0. The van der Waals surface area contributed by atoms with E-state index in [9.17, 15) is 0 Å². The van der Waals surface area contributed by atoms with Gasteiger partial charge in [0, 0.05) is 38.5 Å². The van der Waals surface area contributed by atoms with E-state index in [2.05, 4.69) is 27.3 Å². The monoisotopic (exact) mass is 289 g/mol. The fourth-order valence-corrected chi connectivity index (χ4v) is 3.61. The van der Waals surface area contributed by atoms with Crippen molar-refractivity contribution in [3.8, 4) is 0 Å². The Hall–Kier alpha value is -1.13. The van der Waals surface area contributed by atoms with E-state index in [0.29, 0.717) is 18.2 Å². The van der Waals surface area contributed by atoms with Gasteiger partial charge in [-0.25, -0.2) is 4.98 Å². The van der Waals surface area contributed by atoms with E-state index in [1.54, 1.807) is 0 Å². The SMILES string of the molecule is COC1CCC(NC2CCN(c3ccccn3)CC2)CC1. The predicted octanol–water partition coefficient (Wildman–Crippen LogP) is 2.60. The van der Waals surface area contributed by atoms with Crippen molar-refractivity contribution in [3.63, 3.8) is 0 Å². The molecule has 2 fully saturated rings. The quantitative estimate of drug-likeness (QED) is 0.924. The number of nitrogens with zero attached hydrogens (tertiary/aromatic N) is 2. The predicted molar refractivity (Wildman–Crippen MR) is 85.7 cm³/mol. The number of nitrogens with one attached hydrogen (secondary N) is 1. The van der Waals surface area contributed by atoms with Crippen LogP contribution in [0.3, 0.4) is 0 Å². The minimum atomic E-state index is 0.494. The number of hydrogen-bond donors (Lipinski definition) is 1. The summed E-state index contributed by atoms with van der Waals surface area (Å²) in [6.45, 7) is 2.23. The minimum Gasteiger partial charge on any atom is -0.381 e. The van der Waals surface area contributed by atoms with Crippen LogP contribution in [0.5, 0.6) is 0 Å². The first-order valence-corrected chi connectivity index (χ1v) is 8.30. The zero-order valence-corrected chi connectivity index (χ0v) is 13.0. The van der Waals surface area contributed by atoms with Crippen LogP contribution in [0.4, 0.5) is 5.82 Å². The smallest absolute Gasteiger partial charge is 0.128 e. The highest BCUT2D eigenvalue weighted by atomic mass is 16.5. The number of methoxy groups -OCH3 is 1. The van der Waals surface area contributed by atoms with E-state index < -0.39 is 0 Å². The van der Waals surface area contributed by atoms with Crippen molar-refractivity contribution in [3.05, 3.63) is 24.4 Å². The fraction of sp³-hybridized carbons (Fsp3) is 0.706. The molecule has 2 heterocycles. The fourth-order valence-electron chi connectivity index (χ4n) is 3.61. The van der Waals surface area contributed by atoms with Crippen molar-refractivity contribution in [2.75, 3.05) is 25.1 Å². The summed E-state index contributed by atoms with van der Waals surface area (Å²) in [4.78, 5) is 6.86. The highest BCUT2D eigenvalue weighted by molar-refractivity contribution is 5.38. The molecular weight excluding hydrogens is 262 g/mol. The molecule has 4 heteroatoms. The molecule has 1 aliphatic carbocycles. The van der Waals surface area contributed by atoms with Gasteiger partial charge in [-0.3, -0.25) is 0 Å². The van der Waals surface area contributed by atoms with Crippen LogP contribution in [0.15, 0.2) is 24.4 Å². The maximum absolute atomic E-state index is 5.45. The van der Waals surface area contributed by atoms with Gasteiger partial charge in [-0.05, 0) is 50.7 Å². The first kappa shape index (κ1) is 14.8. The van der Waals surface area contributed by atoms with E-state index in [0.717, 1.165) is 18.9 Å². The molecule has 0 bridgehead atoms. The number of aromatic nitrogens is 1. The zero-order chi connectivity index (χ0) is 14.5. The summed E-state index contributed by atoms with van der Waals surface area (Å²) in [5, 5.41) is 3.87. The maximum Gasteiger partial charge on any atom is 0.128 e. The molecule has 21 heavy (non-hydrogen) atoms. The molecule has 3 rings (SSSR count). The highest BCUT2D eigenvalue weighted by Gasteiger charge is 2.25. The second kappa shape index (κ2) is 7.23. The number of piperidine rings is 1. The topological polar surface area (TPSA) is 37.4 Å². The molecule has 4 nitrogen and oxygen atoms in total. The Morgan fingerprint density at radius 1 is 1.05 bits per heavy atom. The lowest BCUT2D eigenvalue weighted by atomic mass is 9.91. The third-order valence-electron chi connectivity index (χ3n) is 4.95. The Bertz CT molecular complexity index is 409. The molecule has 2 aliphatic rings. The Labute approximate surface area is 127 Å². The van der Waals surface area contributed by atoms with E-state index in [-0.39, 0.29) is 0 Å². The van der Waals surface area contributed by atoms with Gasteiger partial charge in [0.05, 0.1) is 6.10 Å². The van der Waals surface area contributed by atoms with Crippen LogP contribution in [-0.4, -0.2) is 43.4 Å². The van der Waals surface area contributed by atoms with Crippen molar-refractivity contribution >= 4 is 5.82 Å². The van der Waals surface area contributed by atoms with Gasteiger partial charge in [0.1, 0.15) is 5.82 Å². The molecule has 0 unspecified atom stereocenters. The summed E-state index contributed by atoms with van der Waals surface area (Å²) in [7, 11) is 1.84. The molecule has 0 radical (unpaired) electrons. The molecular formula is C17H27N3O. The summed E-state index contributed by atoms with van der Waals surface area (Å²) >= 11 is 0. The highest BCUT2D eigenvalue weighted by Crippen LogP contribution is 2.23. The third kappa shape index (κ3) is 3.95. The lowest BCUT2D eigenvalue weighted by Gasteiger charge is -2.37. The number of hydrogen-bond acceptors (Lipinski definition) is 4. The standard InChI is InChI=1S/C17H27N3O/c1-21-16-7-5-14(6-8-16)19-15-9-12-20(13-10-15)17-4-2-3-11-18-17/h2-4,11,14-16,19H,5-10,12-13H2,1H3. The van der Waals surface area contributed by atoms with Gasteiger partial charge in [0.2, 0.25) is 0 Å². The Morgan fingerprint density at radius 3 is 2.38 bits per heavy atom. The number of pyridine rings is 1. The van der Waals surface area contributed by atoms with Crippen molar-refractivity contribution in [2.45, 2.75) is 56.7 Å². The summed E-state index contributed by atoms with van der Waals surface area (Å²) in [6.07, 6.45) is 9.77. The van der Waals surface area contributed by atoms with Crippen LogP contribution in [0.2, 0.25) is 0 Å². The Morgan fingerprint density at radius 2 is 1.76 bits per heavy atom. The summed E-state index contributed by atoms with van der Waals surface area (Å²) in [5.74, 6) is 1.12. The number of ether oxygens (including phenoxy) is 1. The van der Waals surface area contributed by atoms with Crippen molar-refractivity contribution in [1.82, 2.24) is 10.3 Å². The van der Waals surface area contributed by atoms with Gasteiger partial charge < -0.3 is 15.0 Å². The Balaban J connectivity index is 1.42. The summed E-state index contributed by atoms with van der Waals surface area (Å²) in [6, 6.07) is 7.53. The van der Waals surface area contributed by atoms with Crippen LogP contribution in [-0.2, 0) is 4.74 Å². The maximum atomic E-state index is 5.45. The van der Waals surface area contributed by atoms with Crippen LogP contribution >= 0.6 is 0 Å².